The van der Waals surface area contributed by atoms with Gasteiger partial charge in [-0.05, 0) is 39.7 Å². The zero-order valence-corrected chi connectivity index (χ0v) is 12.2. The lowest BCUT2D eigenvalue weighted by molar-refractivity contribution is -0.138. The maximum atomic E-state index is 12.8. The van der Waals surface area contributed by atoms with Gasteiger partial charge < -0.3 is 5.32 Å². The fourth-order valence-electron chi connectivity index (χ4n) is 1.72. The molecular formula is C13H11BrF3NS. The number of hydrogen-bond acceptors (Lipinski definition) is 2. The van der Waals surface area contributed by atoms with Gasteiger partial charge in [0.25, 0.3) is 0 Å². The third kappa shape index (κ3) is 4.06. The molecule has 1 nitrogen and oxygen atoms in total. The first-order chi connectivity index (χ1) is 8.97. The van der Waals surface area contributed by atoms with Gasteiger partial charge in [-0.3, -0.25) is 0 Å². The van der Waals surface area contributed by atoms with Crippen LogP contribution in [0.25, 0.3) is 0 Å². The summed E-state index contributed by atoms with van der Waals surface area (Å²) >= 11 is 4.91. The highest BCUT2D eigenvalue weighted by molar-refractivity contribution is 9.11. The minimum absolute atomic E-state index is 0.200. The van der Waals surface area contributed by atoms with Gasteiger partial charge in [0.15, 0.2) is 0 Å². The van der Waals surface area contributed by atoms with E-state index in [1.807, 2.05) is 12.1 Å². The standard InChI is InChI=1S/C13H11BrF3NS/c14-12-6-5-10(19-12)8-18-7-9-3-1-2-4-11(9)13(15,16)17/h1-6,18H,7-8H2. The van der Waals surface area contributed by atoms with E-state index in [-0.39, 0.29) is 12.1 Å². The number of hydrogen-bond donors (Lipinski definition) is 1. The van der Waals surface area contributed by atoms with E-state index < -0.39 is 11.7 Å². The molecule has 1 heterocycles. The van der Waals surface area contributed by atoms with E-state index in [1.54, 1.807) is 17.4 Å². The first-order valence-electron chi connectivity index (χ1n) is 5.57. The Bertz CT molecular complexity index is 551. The Morgan fingerprint density at radius 1 is 1.05 bits per heavy atom. The van der Waals surface area contributed by atoms with Crippen LogP contribution in [0, 0.1) is 0 Å². The molecule has 0 fully saturated rings. The molecule has 2 aromatic rings. The number of nitrogens with one attached hydrogen (secondary N) is 1. The topological polar surface area (TPSA) is 12.0 Å². The van der Waals surface area contributed by atoms with Gasteiger partial charge in [0.1, 0.15) is 0 Å². The summed E-state index contributed by atoms with van der Waals surface area (Å²) < 4.78 is 39.3. The van der Waals surface area contributed by atoms with Crippen LogP contribution in [0.5, 0.6) is 0 Å². The fraction of sp³-hybridized carbons (Fsp3) is 0.231. The third-order valence-corrected chi connectivity index (χ3v) is 4.19. The second-order valence-corrected chi connectivity index (χ2v) is 6.51. The monoisotopic (exact) mass is 349 g/mol. The van der Waals surface area contributed by atoms with Crippen molar-refractivity contribution in [3.8, 4) is 0 Å². The third-order valence-electron chi connectivity index (χ3n) is 2.57. The van der Waals surface area contributed by atoms with E-state index in [2.05, 4.69) is 21.2 Å². The van der Waals surface area contributed by atoms with Crippen LogP contribution in [-0.4, -0.2) is 0 Å². The summed E-state index contributed by atoms with van der Waals surface area (Å²) in [5, 5.41) is 3.03. The SMILES string of the molecule is FC(F)(F)c1ccccc1CNCc1ccc(Br)s1. The van der Waals surface area contributed by atoms with Crippen LogP contribution in [-0.2, 0) is 19.3 Å². The van der Waals surface area contributed by atoms with Crippen molar-refractivity contribution in [2.45, 2.75) is 19.3 Å². The molecule has 0 spiro atoms. The highest BCUT2D eigenvalue weighted by atomic mass is 79.9. The maximum Gasteiger partial charge on any atom is 0.416 e. The van der Waals surface area contributed by atoms with Gasteiger partial charge in [-0.2, -0.15) is 13.2 Å². The van der Waals surface area contributed by atoms with Crippen LogP contribution < -0.4 is 5.32 Å². The normalized spacial score (nSPS) is 11.8. The van der Waals surface area contributed by atoms with Gasteiger partial charge in [0.2, 0.25) is 0 Å². The molecule has 0 saturated carbocycles. The molecule has 6 heteroatoms. The van der Waals surface area contributed by atoms with Gasteiger partial charge in [0, 0.05) is 18.0 Å². The molecule has 0 bridgehead atoms. The van der Waals surface area contributed by atoms with E-state index in [4.69, 9.17) is 0 Å². The molecule has 2 rings (SSSR count). The minimum Gasteiger partial charge on any atom is -0.308 e. The van der Waals surface area contributed by atoms with Crippen LogP contribution in [0.1, 0.15) is 16.0 Å². The van der Waals surface area contributed by atoms with Gasteiger partial charge in [-0.15, -0.1) is 11.3 Å². The van der Waals surface area contributed by atoms with Crippen molar-refractivity contribution in [3.63, 3.8) is 0 Å². The summed E-state index contributed by atoms with van der Waals surface area (Å²) in [5.41, 5.74) is -0.305. The van der Waals surface area contributed by atoms with Gasteiger partial charge in [0.05, 0.1) is 9.35 Å². The summed E-state index contributed by atoms with van der Waals surface area (Å²) in [7, 11) is 0. The second-order valence-electron chi connectivity index (χ2n) is 3.96. The Balaban J connectivity index is 2.00. The van der Waals surface area contributed by atoms with Gasteiger partial charge in [-0.25, -0.2) is 0 Å². The van der Waals surface area contributed by atoms with Crippen LogP contribution in [0.2, 0.25) is 0 Å². The van der Waals surface area contributed by atoms with Crippen molar-refractivity contribution < 1.29 is 13.2 Å². The molecule has 0 amide bonds. The summed E-state index contributed by atoms with van der Waals surface area (Å²) in [6.07, 6.45) is -4.30. The molecule has 1 aromatic carbocycles. The van der Waals surface area contributed by atoms with E-state index >= 15 is 0 Å². The Labute approximate surface area is 121 Å². The Morgan fingerprint density at radius 2 is 1.79 bits per heavy atom. The zero-order chi connectivity index (χ0) is 13.9. The molecule has 0 saturated heterocycles. The predicted molar refractivity (Wildman–Crippen MR) is 74.0 cm³/mol. The van der Waals surface area contributed by atoms with Crippen LogP contribution in [0.3, 0.4) is 0 Å². The van der Waals surface area contributed by atoms with Crippen molar-refractivity contribution in [2.24, 2.45) is 0 Å². The van der Waals surface area contributed by atoms with Crippen molar-refractivity contribution in [3.05, 3.63) is 56.2 Å². The summed E-state index contributed by atoms with van der Waals surface area (Å²) in [6.45, 7) is 0.758. The first-order valence-corrected chi connectivity index (χ1v) is 7.18. The zero-order valence-electron chi connectivity index (χ0n) is 9.80. The number of alkyl halides is 3. The number of rotatable bonds is 4. The summed E-state index contributed by atoms with van der Waals surface area (Å²) in [6, 6.07) is 9.50. The minimum atomic E-state index is -4.30. The quantitative estimate of drug-likeness (QED) is 0.834. The Hall–Kier alpha value is -0.850. The van der Waals surface area contributed by atoms with Crippen molar-refractivity contribution in [1.29, 1.82) is 0 Å². The highest BCUT2D eigenvalue weighted by Crippen LogP contribution is 2.31. The predicted octanol–water partition coefficient (Wildman–Crippen LogP) is 4.82. The molecule has 0 atom stereocenters. The molecule has 102 valence electrons. The molecule has 1 aromatic heterocycles. The number of halogens is 4. The fourth-order valence-corrected chi connectivity index (χ4v) is 3.17. The van der Waals surface area contributed by atoms with E-state index in [0.29, 0.717) is 6.54 Å². The lowest BCUT2D eigenvalue weighted by Gasteiger charge is -2.12. The molecule has 0 aliphatic rings. The highest BCUT2D eigenvalue weighted by Gasteiger charge is 2.32. The van der Waals surface area contributed by atoms with Gasteiger partial charge >= 0.3 is 6.18 Å². The number of thiophene rings is 1. The van der Waals surface area contributed by atoms with Crippen LogP contribution >= 0.6 is 27.3 Å². The van der Waals surface area contributed by atoms with Crippen LogP contribution in [0.4, 0.5) is 13.2 Å². The van der Waals surface area contributed by atoms with Crippen molar-refractivity contribution in [2.75, 3.05) is 0 Å². The van der Waals surface area contributed by atoms with Crippen molar-refractivity contribution >= 4 is 27.3 Å². The lowest BCUT2D eigenvalue weighted by atomic mass is 10.1. The van der Waals surface area contributed by atoms with E-state index in [1.165, 1.54) is 12.1 Å². The molecule has 19 heavy (non-hydrogen) atoms. The maximum absolute atomic E-state index is 12.8. The Kier molecular flexibility index (Phi) is 4.65. The molecular weight excluding hydrogens is 339 g/mol. The second kappa shape index (κ2) is 6.07. The summed E-state index contributed by atoms with van der Waals surface area (Å²) in [4.78, 5) is 1.08. The molecule has 0 aliphatic carbocycles. The van der Waals surface area contributed by atoms with Crippen molar-refractivity contribution in [1.82, 2.24) is 5.32 Å². The average Bonchev–Trinajstić information content (AvgIpc) is 2.74. The summed E-state index contributed by atoms with van der Waals surface area (Å²) in [5.74, 6) is 0. The molecule has 0 aliphatic heterocycles. The largest absolute Gasteiger partial charge is 0.416 e. The first kappa shape index (κ1) is 14.6. The van der Waals surface area contributed by atoms with E-state index in [0.717, 1.165) is 14.7 Å². The molecule has 0 unspecified atom stereocenters. The Morgan fingerprint density at radius 3 is 2.42 bits per heavy atom. The lowest BCUT2D eigenvalue weighted by Crippen LogP contribution is -2.16. The average molecular weight is 350 g/mol. The number of benzene rings is 1. The van der Waals surface area contributed by atoms with Crippen LogP contribution in [0.15, 0.2) is 40.2 Å². The molecule has 0 radical (unpaired) electrons. The van der Waals surface area contributed by atoms with Gasteiger partial charge in [-0.1, -0.05) is 18.2 Å². The van der Waals surface area contributed by atoms with E-state index in [9.17, 15) is 13.2 Å². The smallest absolute Gasteiger partial charge is 0.308 e. The molecule has 1 N–H and O–H groups in total.